The van der Waals surface area contributed by atoms with Crippen LogP contribution < -0.4 is 0 Å². The molecule has 0 spiro atoms. The number of carbonyl (C=O) groups excluding carboxylic acids is 1. The molecule has 0 aromatic rings. The SMILES string of the molecule is CC(C)OC1=CC(=O)O[C@@H]1C. The maximum Gasteiger partial charge on any atom is 0.335 e. The van der Waals surface area contributed by atoms with Crippen LogP contribution >= 0.6 is 0 Å². The smallest absolute Gasteiger partial charge is 0.335 e. The van der Waals surface area contributed by atoms with E-state index < -0.39 is 0 Å². The Morgan fingerprint density at radius 2 is 2.27 bits per heavy atom. The first-order chi connectivity index (χ1) is 5.09. The monoisotopic (exact) mass is 156 g/mol. The summed E-state index contributed by atoms with van der Waals surface area (Å²) in [6, 6.07) is 0. The number of ether oxygens (including phenoxy) is 2. The number of esters is 1. The summed E-state index contributed by atoms with van der Waals surface area (Å²) in [6.45, 7) is 5.62. The molecule has 0 aromatic carbocycles. The van der Waals surface area contributed by atoms with Gasteiger partial charge >= 0.3 is 5.97 Å². The zero-order valence-electron chi connectivity index (χ0n) is 6.96. The largest absolute Gasteiger partial charge is 0.491 e. The first-order valence-electron chi connectivity index (χ1n) is 3.68. The molecule has 0 amide bonds. The van der Waals surface area contributed by atoms with Gasteiger partial charge in [0, 0.05) is 0 Å². The molecule has 0 radical (unpaired) electrons. The molecule has 11 heavy (non-hydrogen) atoms. The van der Waals surface area contributed by atoms with Gasteiger partial charge in [-0.05, 0) is 20.8 Å². The summed E-state index contributed by atoms with van der Waals surface area (Å²) in [5.74, 6) is 0.318. The van der Waals surface area contributed by atoms with Gasteiger partial charge in [0.2, 0.25) is 0 Å². The van der Waals surface area contributed by atoms with Crippen LogP contribution in [0.4, 0.5) is 0 Å². The lowest BCUT2D eigenvalue weighted by Crippen LogP contribution is -2.11. The van der Waals surface area contributed by atoms with E-state index in [9.17, 15) is 4.79 Å². The van der Waals surface area contributed by atoms with Crippen LogP contribution in [-0.2, 0) is 14.3 Å². The Morgan fingerprint density at radius 3 is 2.64 bits per heavy atom. The first-order valence-corrected chi connectivity index (χ1v) is 3.68. The lowest BCUT2D eigenvalue weighted by atomic mass is 10.3. The average Bonchev–Trinajstić information content (AvgIpc) is 2.09. The minimum absolute atomic E-state index is 0.0956. The molecule has 0 fully saturated rings. The van der Waals surface area contributed by atoms with Crippen LogP contribution in [0.25, 0.3) is 0 Å². The molecule has 0 saturated heterocycles. The standard InChI is InChI=1S/C8H12O3/c1-5(2)10-7-4-8(9)11-6(7)3/h4-6H,1-3H3/t6-/m1/s1. The lowest BCUT2D eigenvalue weighted by molar-refractivity contribution is -0.138. The second kappa shape index (κ2) is 2.95. The van der Waals surface area contributed by atoms with Crippen molar-refractivity contribution in [1.29, 1.82) is 0 Å². The lowest BCUT2D eigenvalue weighted by Gasteiger charge is -2.13. The van der Waals surface area contributed by atoms with Crippen LogP contribution in [0.15, 0.2) is 11.8 Å². The molecule has 0 bridgehead atoms. The summed E-state index contributed by atoms with van der Waals surface area (Å²) in [4.78, 5) is 10.7. The highest BCUT2D eigenvalue weighted by molar-refractivity contribution is 5.85. The van der Waals surface area contributed by atoms with Crippen molar-refractivity contribution in [2.45, 2.75) is 33.0 Å². The van der Waals surface area contributed by atoms with E-state index in [1.807, 2.05) is 13.8 Å². The molecule has 0 unspecified atom stereocenters. The molecule has 0 aliphatic carbocycles. The van der Waals surface area contributed by atoms with E-state index in [0.29, 0.717) is 5.76 Å². The summed E-state index contributed by atoms with van der Waals surface area (Å²) in [5, 5.41) is 0. The molecule has 1 aliphatic rings. The first kappa shape index (κ1) is 8.11. The van der Waals surface area contributed by atoms with E-state index in [-0.39, 0.29) is 18.2 Å². The van der Waals surface area contributed by atoms with Crippen LogP contribution in [0.2, 0.25) is 0 Å². The molecule has 62 valence electrons. The Bertz CT molecular complexity index is 194. The number of carbonyl (C=O) groups is 1. The minimum Gasteiger partial charge on any atom is -0.491 e. The highest BCUT2D eigenvalue weighted by Gasteiger charge is 2.23. The summed E-state index contributed by atoms with van der Waals surface area (Å²) in [7, 11) is 0. The molecule has 0 saturated carbocycles. The fourth-order valence-corrected chi connectivity index (χ4v) is 0.902. The van der Waals surface area contributed by atoms with E-state index in [2.05, 4.69) is 0 Å². The molecule has 0 aromatic heterocycles. The minimum atomic E-state index is -0.312. The summed E-state index contributed by atoms with van der Waals surface area (Å²) in [5.41, 5.74) is 0. The summed E-state index contributed by atoms with van der Waals surface area (Å²) in [6.07, 6.45) is 1.27. The number of cyclic esters (lactones) is 1. The van der Waals surface area contributed by atoms with Crippen LogP contribution in [-0.4, -0.2) is 18.2 Å². The van der Waals surface area contributed by atoms with Crippen molar-refractivity contribution in [3.8, 4) is 0 Å². The quantitative estimate of drug-likeness (QED) is 0.564. The maximum atomic E-state index is 10.7. The highest BCUT2D eigenvalue weighted by atomic mass is 16.6. The van der Waals surface area contributed by atoms with Gasteiger partial charge < -0.3 is 9.47 Å². The van der Waals surface area contributed by atoms with Gasteiger partial charge in [0.25, 0.3) is 0 Å². The summed E-state index contributed by atoms with van der Waals surface area (Å²) < 4.78 is 10.1. The van der Waals surface area contributed by atoms with Crippen LogP contribution in [0, 0.1) is 0 Å². The predicted molar refractivity (Wildman–Crippen MR) is 39.9 cm³/mol. The van der Waals surface area contributed by atoms with Crippen molar-refractivity contribution in [3.63, 3.8) is 0 Å². The second-order valence-corrected chi connectivity index (χ2v) is 2.79. The highest BCUT2D eigenvalue weighted by Crippen LogP contribution is 2.17. The molecule has 3 heteroatoms. The number of rotatable bonds is 2. The van der Waals surface area contributed by atoms with Crippen molar-refractivity contribution in [3.05, 3.63) is 11.8 Å². The molecule has 1 heterocycles. The van der Waals surface area contributed by atoms with Crippen molar-refractivity contribution in [1.82, 2.24) is 0 Å². The third kappa shape index (κ3) is 1.97. The molecular formula is C8H12O3. The third-order valence-corrected chi connectivity index (χ3v) is 1.33. The molecule has 1 aliphatic heterocycles. The predicted octanol–water partition coefficient (Wildman–Crippen LogP) is 1.24. The van der Waals surface area contributed by atoms with Crippen molar-refractivity contribution >= 4 is 5.97 Å². The Balaban J connectivity index is 2.57. The maximum absolute atomic E-state index is 10.7. The average molecular weight is 156 g/mol. The topological polar surface area (TPSA) is 35.5 Å². The van der Waals surface area contributed by atoms with E-state index in [1.165, 1.54) is 6.08 Å². The number of hydrogen-bond acceptors (Lipinski definition) is 3. The molecule has 1 rings (SSSR count). The van der Waals surface area contributed by atoms with E-state index in [4.69, 9.17) is 9.47 Å². The van der Waals surface area contributed by atoms with Crippen molar-refractivity contribution in [2.75, 3.05) is 0 Å². The fraction of sp³-hybridized carbons (Fsp3) is 0.625. The van der Waals surface area contributed by atoms with Crippen LogP contribution in [0.5, 0.6) is 0 Å². The van der Waals surface area contributed by atoms with Gasteiger partial charge in [0.15, 0.2) is 6.10 Å². The Hall–Kier alpha value is -0.990. The van der Waals surface area contributed by atoms with E-state index in [0.717, 1.165) is 0 Å². The Kier molecular flexibility index (Phi) is 2.17. The van der Waals surface area contributed by atoms with Gasteiger partial charge in [-0.25, -0.2) is 4.79 Å². The van der Waals surface area contributed by atoms with Gasteiger partial charge in [-0.1, -0.05) is 0 Å². The molecular weight excluding hydrogens is 144 g/mol. The zero-order valence-corrected chi connectivity index (χ0v) is 6.96. The Labute approximate surface area is 66.0 Å². The van der Waals surface area contributed by atoms with Gasteiger partial charge in [0.1, 0.15) is 5.76 Å². The number of hydrogen-bond donors (Lipinski definition) is 0. The molecule has 1 atom stereocenters. The van der Waals surface area contributed by atoms with Crippen molar-refractivity contribution < 1.29 is 14.3 Å². The van der Waals surface area contributed by atoms with Crippen LogP contribution in [0.1, 0.15) is 20.8 Å². The van der Waals surface area contributed by atoms with Crippen LogP contribution in [0.3, 0.4) is 0 Å². The van der Waals surface area contributed by atoms with E-state index >= 15 is 0 Å². The Morgan fingerprint density at radius 1 is 1.64 bits per heavy atom. The van der Waals surface area contributed by atoms with Gasteiger partial charge in [0.05, 0.1) is 12.2 Å². The van der Waals surface area contributed by atoms with Gasteiger partial charge in [-0.15, -0.1) is 0 Å². The molecule has 3 nitrogen and oxygen atoms in total. The van der Waals surface area contributed by atoms with Gasteiger partial charge in [-0.3, -0.25) is 0 Å². The van der Waals surface area contributed by atoms with E-state index in [1.54, 1.807) is 6.92 Å². The third-order valence-electron chi connectivity index (χ3n) is 1.33. The summed E-state index contributed by atoms with van der Waals surface area (Å²) >= 11 is 0. The normalized spacial score (nSPS) is 23.5. The molecule has 0 N–H and O–H groups in total. The van der Waals surface area contributed by atoms with Gasteiger partial charge in [-0.2, -0.15) is 0 Å². The zero-order chi connectivity index (χ0) is 8.43. The van der Waals surface area contributed by atoms with Crippen molar-refractivity contribution in [2.24, 2.45) is 0 Å². The fourth-order valence-electron chi connectivity index (χ4n) is 0.902. The second-order valence-electron chi connectivity index (χ2n) is 2.79.